The lowest BCUT2D eigenvalue weighted by Gasteiger charge is -2.35. The molecule has 0 bridgehead atoms. The van der Waals surface area contributed by atoms with E-state index in [2.05, 4.69) is 30.6 Å². The first kappa shape index (κ1) is 19.2. The van der Waals surface area contributed by atoms with Gasteiger partial charge in [-0.05, 0) is 18.2 Å². The lowest BCUT2D eigenvalue weighted by Crippen LogP contribution is -2.62. The first-order valence-electron chi connectivity index (χ1n) is 8.48. The number of alkyl halides is 3. The number of aliphatic imine (C=N–C) groups is 2. The Morgan fingerprint density at radius 2 is 2.03 bits per heavy atom. The molecule has 12 heteroatoms. The van der Waals surface area contributed by atoms with Gasteiger partial charge in [0.15, 0.2) is 5.84 Å². The summed E-state index contributed by atoms with van der Waals surface area (Å²) in [6.45, 7) is 0.778. The van der Waals surface area contributed by atoms with Gasteiger partial charge in [0.05, 0.1) is 19.4 Å². The van der Waals surface area contributed by atoms with E-state index in [9.17, 15) is 17.6 Å². The number of pyridine rings is 2. The van der Waals surface area contributed by atoms with E-state index >= 15 is 0 Å². The van der Waals surface area contributed by atoms with Crippen molar-refractivity contribution in [2.75, 3.05) is 13.2 Å². The molecule has 2 aliphatic rings. The molecule has 29 heavy (non-hydrogen) atoms. The highest BCUT2D eigenvalue weighted by Gasteiger charge is 2.37. The van der Waals surface area contributed by atoms with Gasteiger partial charge in [-0.1, -0.05) is 6.07 Å². The van der Waals surface area contributed by atoms with Gasteiger partial charge in [0.1, 0.15) is 23.2 Å². The molecule has 0 aromatic carbocycles. The standard InChI is InChI=1S/C17H15F4N7O/c18-10-4-9(5-23-6-10)17(22)27-14(26-15(28-17)24-11-7-29-8-11)12-2-1-3-13(25-12)16(19,20)21/h1-6,11H,7-8,22H2,(H2,24,26,27,28). The van der Waals surface area contributed by atoms with Crippen molar-refractivity contribution in [3.8, 4) is 0 Å². The van der Waals surface area contributed by atoms with Gasteiger partial charge in [-0.2, -0.15) is 13.2 Å². The summed E-state index contributed by atoms with van der Waals surface area (Å²) in [4.78, 5) is 16.0. The Kier molecular flexibility index (Phi) is 4.67. The molecular weight excluding hydrogens is 394 g/mol. The number of aromatic nitrogens is 2. The van der Waals surface area contributed by atoms with Crippen LogP contribution in [0.4, 0.5) is 17.6 Å². The van der Waals surface area contributed by atoms with Gasteiger partial charge in [0, 0.05) is 11.8 Å². The highest BCUT2D eigenvalue weighted by Crippen LogP contribution is 2.28. The molecule has 2 aromatic heterocycles. The highest BCUT2D eigenvalue weighted by atomic mass is 19.4. The van der Waals surface area contributed by atoms with Crippen molar-refractivity contribution in [2.45, 2.75) is 18.0 Å². The van der Waals surface area contributed by atoms with E-state index in [0.717, 1.165) is 18.3 Å². The summed E-state index contributed by atoms with van der Waals surface area (Å²) in [7, 11) is 0. The molecule has 0 aliphatic carbocycles. The molecule has 2 aromatic rings. The minimum absolute atomic E-state index is 0.0550. The van der Waals surface area contributed by atoms with Crippen LogP contribution in [0.15, 0.2) is 46.6 Å². The first-order valence-corrected chi connectivity index (χ1v) is 8.48. The normalized spacial score (nSPS) is 23.8. The summed E-state index contributed by atoms with van der Waals surface area (Å²) >= 11 is 0. The molecule has 0 spiro atoms. The molecule has 1 unspecified atom stereocenters. The Morgan fingerprint density at radius 1 is 1.24 bits per heavy atom. The Morgan fingerprint density at radius 3 is 2.69 bits per heavy atom. The second-order valence-electron chi connectivity index (χ2n) is 6.44. The van der Waals surface area contributed by atoms with Crippen molar-refractivity contribution in [2.24, 2.45) is 15.7 Å². The first-order chi connectivity index (χ1) is 13.7. The summed E-state index contributed by atoms with van der Waals surface area (Å²) in [6, 6.07) is 4.36. The number of nitrogens with one attached hydrogen (secondary N) is 2. The van der Waals surface area contributed by atoms with Crippen LogP contribution in [-0.2, 0) is 16.7 Å². The van der Waals surface area contributed by atoms with Crippen LogP contribution in [0, 0.1) is 5.82 Å². The van der Waals surface area contributed by atoms with Crippen LogP contribution in [0.25, 0.3) is 0 Å². The number of hydrogen-bond donors (Lipinski definition) is 3. The van der Waals surface area contributed by atoms with Crippen LogP contribution in [0.2, 0.25) is 0 Å². The number of amidine groups is 1. The summed E-state index contributed by atoms with van der Waals surface area (Å²) in [5.41, 5.74) is 5.29. The SMILES string of the molecule is NC1(c2cncc(F)c2)N=C(c2cccc(C(F)(F)F)n2)NC(=NC2COC2)N1. The quantitative estimate of drug-likeness (QED) is 0.655. The van der Waals surface area contributed by atoms with E-state index in [1.54, 1.807) is 0 Å². The second kappa shape index (κ2) is 7.04. The Bertz CT molecular complexity index is 990. The summed E-state index contributed by atoms with van der Waals surface area (Å²) < 4.78 is 57.9. The second-order valence-corrected chi connectivity index (χ2v) is 6.44. The minimum atomic E-state index is -4.63. The third kappa shape index (κ3) is 4.03. The van der Waals surface area contributed by atoms with E-state index in [4.69, 9.17) is 10.5 Å². The molecule has 1 atom stereocenters. The van der Waals surface area contributed by atoms with E-state index in [0.29, 0.717) is 13.2 Å². The van der Waals surface area contributed by atoms with Crippen LogP contribution < -0.4 is 16.4 Å². The maximum Gasteiger partial charge on any atom is 0.433 e. The number of guanidine groups is 1. The zero-order chi connectivity index (χ0) is 20.6. The van der Waals surface area contributed by atoms with E-state index in [-0.39, 0.29) is 29.1 Å². The van der Waals surface area contributed by atoms with Crippen LogP contribution in [0.3, 0.4) is 0 Å². The predicted molar refractivity (Wildman–Crippen MR) is 94.1 cm³/mol. The van der Waals surface area contributed by atoms with Gasteiger partial charge in [-0.15, -0.1) is 0 Å². The molecule has 1 fully saturated rings. The topological polar surface area (TPSA) is 110 Å². The smallest absolute Gasteiger partial charge is 0.377 e. The van der Waals surface area contributed by atoms with Crippen LogP contribution in [0.1, 0.15) is 17.0 Å². The van der Waals surface area contributed by atoms with Crippen LogP contribution >= 0.6 is 0 Å². The molecule has 152 valence electrons. The number of hydrogen-bond acceptors (Lipinski definition) is 6. The molecular formula is C17H15F4N7O. The van der Waals surface area contributed by atoms with Crippen molar-refractivity contribution in [1.29, 1.82) is 0 Å². The van der Waals surface area contributed by atoms with Crippen LogP contribution in [0.5, 0.6) is 0 Å². The third-order valence-electron chi connectivity index (χ3n) is 4.19. The van der Waals surface area contributed by atoms with Crippen molar-refractivity contribution in [3.05, 3.63) is 59.4 Å². The fourth-order valence-electron chi connectivity index (χ4n) is 2.70. The Labute approximate surface area is 161 Å². The molecule has 0 radical (unpaired) electrons. The molecule has 4 heterocycles. The molecule has 4 N–H and O–H groups in total. The Balaban J connectivity index is 1.78. The van der Waals surface area contributed by atoms with E-state index in [1.807, 2.05) is 0 Å². The van der Waals surface area contributed by atoms with E-state index < -0.39 is 23.5 Å². The van der Waals surface area contributed by atoms with Gasteiger partial charge in [-0.3, -0.25) is 10.7 Å². The maximum absolute atomic E-state index is 13.7. The number of ether oxygens (including phenoxy) is 1. The predicted octanol–water partition coefficient (Wildman–Crippen LogP) is 1.10. The molecule has 8 nitrogen and oxygen atoms in total. The highest BCUT2D eigenvalue weighted by molar-refractivity contribution is 6.09. The molecule has 2 aliphatic heterocycles. The largest absolute Gasteiger partial charge is 0.433 e. The van der Waals surface area contributed by atoms with Gasteiger partial charge >= 0.3 is 6.18 Å². The van der Waals surface area contributed by atoms with Crippen molar-refractivity contribution in [1.82, 2.24) is 20.6 Å². The molecule has 0 amide bonds. The van der Waals surface area contributed by atoms with Gasteiger partial charge in [-0.25, -0.2) is 19.4 Å². The van der Waals surface area contributed by atoms with E-state index in [1.165, 1.54) is 18.3 Å². The summed E-state index contributed by atoms with van der Waals surface area (Å²) in [6.07, 6.45) is -2.34. The number of rotatable bonds is 3. The number of halogens is 4. The lowest BCUT2D eigenvalue weighted by atomic mass is 10.1. The lowest BCUT2D eigenvalue weighted by molar-refractivity contribution is -0.141. The molecule has 0 saturated carbocycles. The van der Waals surface area contributed by atoms with Crippen molar-refractivity contribution < 1.29 is 22.3 Å². The zero-order valence-electron chi connectivity index (χ0n) is 14.7. The minimum Gasteiger partial charge on any atom is -0.377 e. The van der Waals surface area contributed by atoms with Gasteiger partial charge < -0.3 is 15.4 Å². The monoisotopic (exact) mass is 409 g/mol. The average Bonchev–Trinajstić information content (AvgIpc) is 2.64. The van der Waals surface area contributed by atoms with Gasteiger partial charge in [0.2, 0.25) is 11.7 Å². The molecule has 1 saturated heterocycles. The van der Waals surface area contributed by atoms with Gasteiger partial charge in [0.25, 0.3) is 0 Å². The van der Waals surface area contributed by atoms with Crippen LogP contribution in [-0.4, -0.2) is 41.0 Å². The molecule has 4 rings (SSSR count). The van der Waals surface area contributed by atoms with Crippen molar-refractivity contribution in [3.63, 3.8) is 0 Å². The average molecular weight is 409 g/mol. The summed E-state index contributed by atoms with van der Waals surface area (Å²) in [5, 5.41) is 5.63. The fraction of sp³-hybridized carbons (Fsp3) is 0.294. The third-order valence-corrected chi connectivity index (χ3v) is 4.19. The zero-order valence-corrected chi connectivity index (χ0v) is 14.7. The number of nitrogens with zero attached hydrogens (tertiary/aromatic N) is 4. The maximum atomic E-state index is 13.7. The number of nitrogens with two attached hydrogens (primary N) is 1. The Hall–Kier alpha value is -3.12. The van der Waals surface area contributed by atoms with Crippen molar-refractivity contribution >= 4 is 11.8 Å². The summed E-state index contributed by atoms with van der Waals surface area (Å²) in [5.74, 6) is -2.28. The fourth-order valence-corrected chi connectivity index (χ4v) is 2.70.